The molecule has 0 radical (unpaired) electrons. The molecule has 11 nitrogen and oxygen atoms in total. The van der Waals surface area contributed by atoms with E-state index in [9.17, 15) is 14.4 Å². The SMILES string of the molecule is C[C@@H]1CC2=C(Cc3ccccc32)[C@@H](c2cnc(C3CCC(OCCCN4CCN(c5ccc6c(c5)CN(C5CCC(=O)NC5=O)C6=O)CC4)CC3)nc2)N1CC(C)(C)F. The zero-order chi connectivity index (χ0) is 40.8. The fourth-order valence-corrected chi connectivity index (χ4v) is 10.6. The van der Waals surface area contributed by atoms with Gasteiger partial charge in [-0.15, -0.1) is 0 Å². The minimum absolute atomic E-state index is 0.0300. The van der Waals surface area contributed by atoms with Gasteiger partial charge in [0.05, 0.1) is 12.1 Å². The van der Waals surface area contributed by atoms with E-state index in [-0.39, 0.29) is 42.3 Å². The summed E-state index contributed by atoms with van der Waals surface area (Å²) < 4.78 is 21.6. The summed E-state index contributed by atoms with van der Waals surface area (Å²) in [4.78, 5) is 56.0. The van der Waals surface area contributed by atoms with E-state index >= 15 is 4.39 Å². The van der Waals surface area contributed by atoms with Gasteiger partial charge in [-0.3, -0.25) is 29.5 Å². The maximum atomic E-state index is 15.2. The molecule has 3 atom stereocenters. The fraction of sp³-hybridized carbons (Fsp3) is 0.553. The Balaban J connectivity index is 0.720. The van der Waals surface area contributed by atoms with Crippen LogP contribution in [0.1, 0.15) is 123 Å². The predicted molar refractivity (Wildman–Crippen MR) is 225 cm³/mol. The van der Waals surface area contributed by atoms with E-state index in [1.54, 1.807) is 18.7 Å². The number of halogens is 1. The van der Waals surface area contributed by atoms with Crippen LogP contribution in [0.25, 0.3) is 5.57 Å². The number of hydrogen-bond donors (Lipinski definition) is 1. The first-order chi connectivity index (χ1) is 28.5. The summed E-state index contributed by atoms with van der Waals surface area (Å²) >= 11 is 0. The molecule has 2 aromatic carbocycles. The van der Waals surface area contributed by atoms with Crippen LogP contribution in [0.15, 0.2) is 60.4 Å². The second kappa shape index (κ2) is 16.5. The van der Waals surface area contributed by atoms with Crippen molar-refractivity contribution in [3.8, 4) is 0 Å². The molecule has 1 unspecified atom stereocenters. The summed E-state index contributed by atoms with van der Waals surface area (Å²) in [6, 6.07) is 14.3. The first kappa shape index (κ1) is 39.9. The van der Waals surface area contributed by atoms with Crippen LogP contribution in [0.4, 0.5) is 10.1 Å². The van der Waals surface area contributed by atoms with Crippen molar-refractivity contribution in [1.29, 1.82) is 0 Å². The third kappa shape index (κ3) is 8.32. The molecule has 59 heavy (non-hydrogen) atoms. The first-order valence-electron chi connectivity index (χ1n) is 21.9. The zero-order valence-corrected chi connectivity index (χ0v) is 34.8. The molecule has 1 aromatic heterocycles. The Kier molecular flexibility index (Phi) is 11.2. The zero-order valence-electron chi connectivity index (χ0n) is 34.8. The van der Waals surface area contributed by atoms with Crippen molar-refractivity contribution in [2.75, 3.05) is 50.8 Å². The van der Waals surface area contributed by atoms with Crippen molar-refractivity contribution < 1.29 is 23.5 Å². The second-order valence-electron chi connectivity index (χ2n) is 18.3. The highest BCUT2D eigenvalue weighted by Crippen LogP contribution is 2.49. The van der Waals surface area contributed by atoms with E-state index in [1.165, 1.54) is 22.3 Å². The van der Waals surface area contributed by atoms with E-state index in [0.717, 1.165) is 107 Å². The predicted octanol–water partition coefficient (Wildman–Crippen LogP) is 6.39. The maximum absolute atomic E-state index is 15.2. The van der Waals surface area contributed by atoms with Crippen molar-refractivity contribution in [3.63, 3.8) is 0 Å². The number of anilines is 1. The monoisotopic (exact) mass is 803 g/mol. The topological polar surface area (TPSA) is 111 Å². The van der Waals surface area contributed by atoms with Crippen molar-refractivity contribution in [2.45, 2.75) is 121 Å². The van der Waals surface area contributed by atoms with Crippen molar-refractivity contribution in [3.05, 3.63) is 94.1 Å². The number of alkyl halides is 1. The number of piperazine rings is 1. The Morgan fingerprint density at radius 2 is 1.68 bits per heavy atom. The number of amides is 3. The Morgan fingerprint density at radius 1 is 0.915 bits per heavy atom. The lowest BCUT2D eigenvalue weighted by Crippen LogP contribution is -2.52. The molecule has 1 N–H and O–H groups in total. The summed E-state index contributed by atoms with van der Waals surface area (Å²) in [6.45, 7) is 11.9. The number of imide groups is 1. The van der Waals surface area contributed by atoms with Gasteiger partial charge < -0.3 is 14.5 Å². The molecule has 3 amide bonds. The van der Waals surface area contributed by atoms with Crippen LogP contribution in [0.2, 0.25) is 0 Å². The molecule has 1 saturated carbocycles. The van der Waals surface area contributed by atoms with Gasteiger partial charge in [0, 0.05) is 100 Å². The van der Waals surface area contributed by atoms with Gasteiger partial charge in [0.25, 0.3) is 5.91 Å². The average Bonchev–Trinajstić information content (AvgIpc) is 3.76. The largest absolute Gasteiger partial charge is 0.378 e. The van der Waals surface area contributed by atoms with Crippen LogP contribution in [0.5, 0.6) is 0 Å². The Labute approximate surface area is 347 Å². The lowest BCUT2D eigenvalue weighted by molar-refractivity contribution is -0.136. The minimum Gasteiger partial charge on any atom is -0.378 e. The number of hydrogen-bond acceptors (Lipinski definition) is 9. The lowest BCUT2D eigenvalue weighted by atomic mass is 9.85. The number of ether oxygens (including phenoxy) is 1. The molecular formula is C47H58FN7O4. The number of nitrogens with one attached hydrogen (secondary N) is 1. The van der Waals surface area contributed by atoms with E-state index in [2.05, 4.69) is 57.3 Å². The molecule has 5 heterocycles. The summed E-state index contributed by atoms with van der Waals surface area (Å²) in [5.41, 5.74) is 7.97. The summed E-state index contributed by atoms with van der Waals surface area (Å²) in [5.74, 6) is 0.455. The Hall–Kier alpha value is -4.52. The molecule has 0 spiro atoms. The number of nitrogens with zero attached hydrogens (tertiary/aromatic N) is 6. The standard InChI is InChI=1S/C47H58FN7O4/c1-30-23-39-37-8-5-4-7-32(37)25-40(39)43(55(30)29-47(2,3)48)34-26-49-44(50-27-34)31-9-12-36(13-10-31)59-22-6-17-52-18-20-53(21-19-52)35-11-14-38-33(24-35)28-54(46(38)58)41-15-16-42(56)51-45(41)57/h4-5,7-8,11,14,24,26-27,30-31,36,41,43H,6,9-10,12-13,15-23,25,28-29H2,1-3H3,(H,51,56,57)/t30-,31?,36?,41?,43-/m1/s1. The molecule has 0 bridgehead atoms. The van der Waals surface area contributed by atoms with E-state index in [1.807, 2.05) is 24.5 Å². The van der Waals surface area contributed by atoms with Crippen LogP contribution in [0, 0.1) is 0 Å². The van der Waals surface area contributed by atoms with Gasteiger partial charge in [-0.2, -0.15) is 0 Å². The fourth-order valence-electron chi connectivity index (χ4n) is 10.6. The highest BCUT2D eigenvalue weighted by atomic mass is 19.1. The minimum atomic E-state index is -1.31. The van der Waals surface area contributed by atoms with Gasteiger partial charge in [0.1, 0.15) is 17.5 Å². The third-order valence-corrected chi connectivity index (χ3v) is 13.7. The average molecular weight is 804 g/mol. The molecule has 3 fully saturated rings. The molecule has 6 aliphatic rings. The van der Waals surface area contributed by atoms with Gasteiger partial charge >= 0.3 is 0 Å². The molecule has 4 aliphatic heterocycles. The second-order valence-corrected chi connectivity index (χ2v) is 18.3. The van der Waals surface area contributed by atoms with E-state index in [4.69, 9.17) is 14.7 Å². The molecular weight excluding hydrogens is 746 g/mol. The quantitative estimate of drug-likeness (QED) is 0.174. The van der Waals surface area contributed by atoms with E-state index < -0.39 is 11.7 Å². The Bertz CT molecular complexity index is 2100. The van der Waals surface area contributed by atoms with Crippen LogP contribution >= 0.6 is 0 Å². The third-order valence-electron chi connectivity index (χ3n) is 13.7. The number of aromatic nitrogens is 2. The normalized spacial score (nSPS) is 26.6. The van der Waals surface area contributed by atoms with Gasteiger partial charge in [-0.05, 0) is 118 Å². The van der Waals surface area contributed by atoms with Gasteiger partial charge in [-0.1, -0.05) is 24.3 Å². The molecule has 2 aliphatic carbocycles. The van der Waals surface area contributed by atoms with Gasteiger partial charge in [-0.25, -0.2) is 14.4 Å². The number of rotatable bonds is 11. The molecule has 12 heteroatoms. The lowest BCUT2D eigenvalue weighted by Gasteiger charge is -2.44. The highest BCUT2D eigenvalue weighted by molar-refractivity contribution is 6.05. The van der Waals surface area contributed by atoms with Crippen molar-refractivity contribution in [1.82, 2.24) is 30.0 Å². The van der Waals surface area contributed by atoms with Crippen LogP contribution in [-0.2, 0) is 27.3 Å². The van der Waals surface area contributed by atoms with Crippen LogP contribution < -0.4 is 10.2 Å². The highest BCUT2D eigenvalue weighted by Gasteiger charge is 2.42. The molecule has 9 rings (SSSR count). The summed E-state index contributed by atoms with van der Waals surface area (Å²) in [6.07, 6.45) is 11.8. The van der Waals surface area contributed by atoms with E-state index in [0.29, 0.717) is 31.0 Å². The van der Waals surface area contributed by atoms with Crippen molar-refractivity contribution >= 4 is 29.0 Å². The summed E-state index contributed by atoms with van der Waals surface area (Å²) in [5, 5.41) is 2.38. The van der Waals surface area contributed by atoms with Crippen LogP contribution in [-0.4, -0.2) is 112 Å². The first-order valence-corrected chi connectivity index (χ1v) is 21.9. The molecule has 2 saturated heterocycles. The van der Waals surface area contributed by atoms with Gasteiger partial charge in [0.2, 0.25) is 11.8 Å². The number of carbonyl (C=O) groups excluding carboxylic acids is 3. The smallest absolute Gasteiger partial charge is 0.255 e. The number of carbonyl (C=O) groups is 3. The van der Waals surface area contributed by atoms with Crippen LogP contribution in [0.3, 0.4) is 0 Å². The summed E-state index contributed by atoms with van der Waals surface area (Å²) in [7, 11) is 0. The maximum Gasteiger partial charge on any atom is 0.255 e. The Morgan fingerprint density at radius 3 is 2.42 bits per heavy atom. The number of benzene rings is 2. The molecule has 312 valence electrons. The number of fused-ring (bicyclic) bond motifs is 3. The molecule has 3 aromatic rings. The number of piperidine rings is 1. The van der Waals surface area contributed by atoms with Gasteiger partial charge in [0.15, 0.2) is 0 Å². The van der Waals surface area contributed by atoms with Crippen molar-refractivity contribution in [2.24, 2.45) is 0 Å².